The summed E-state index contributed by atoms with van der Waals surface area (Å²) in [5.41, 5.74) is 2.53. The van der Waals surface area contributed by atoms with E-state index in [0.29, 0.717) is 0 Å². The van der Waals surface area contributed by atoms with E-state index in [4.69, 9.17) is 5.11 Å². The molecule has 0 aliphatic heterocycles. The number of carboxylic acids is 1. The zero-order valence-electron chi connectivity index (χ0n) is 9.20. The molecule has 0 amide bonds. The average Bonchev–Trinajstić information content (AvgIpc) is 2.76. The van der Waals surface area contributed by atoms with Crippen LogP contribution in [0.4, 0.5) is 0 Å². The molecule has 1 atom stereocenters. The Balaban J connectivity index is 2.10. The molecule has 2 aromatic rings. The van der Waals surface area contributed by atoms with E-state index in [-0.39, 0.29) is 12.3 Å². The normalized spacial score (nSPS) is 19.2. The van der Waals surface area contributed by atoms with Crippen LogP contribution in [0.25, 0.3) is 5.65 Å². The molecular weight excluding hydrogens is 220 g/mol. The molecule has 0 saturated carbocycles. The number of carboxylic acid groups (broad SMARTS) is 1. The highest BCUT2D eigenvalue weighted by Crippen LogP contribution is 2.31. The third-order valence-corrected chi connectivity index (χ3v) is 3.21. The SMILES string of the molecule is O=C(O)CC1CCCc2c1nnc1ccnn21. The lowest BCUT2D eigenvalue weighted by molar-refractivity contribution is -0.137. The Hall–Kier alpha value is -1.98. The van der Waals surface area contributed by atoms with E-state index in [1.165, 1.54) is 0 Å². The summed E-state index contributed by atoms with van der Waals surface area (Å²) in [6.07, 6.45) is 4.53. The first-order valence-electron chi connectivity index (χ1n) is 5.66. The molecule has 2 aromatic heterocycles. The number of aromatic nitrogens is 4. The van der Waals surface area contributed by atoms with Crippen LogP contribution < -0.4 is 0 Å². The molecule has 6 nitrogen and oxygen atoms in total. The van der Waals surface area contributed by atoms with Gasteiger partial charge in [0.1, 0.15) is 0 Å². The molecule has 88 valence electrons. The van der Waals surface area contributed by atoms with Gasteiger partial charge in [-0.15, -0.1) is 5.10 Å². The number of nitrogens with zero attached hydrogens (tertiary/aromatic N) is 4. The average molecular weight is 232 g/mol. The van der Waals surface area contributed by atoms with E-state index in [1.807, 2.05) is 0 Å². The van der Waals surface area contributed by atoms with Crippen molar-refractivity contribution < 1.29 is 9.90 Å². The van der Waals surface area contributed by atoms with Gasteiger partial charge in [-0.3, -0.25) is 4.79 Å². The topological polar surface area (TPSA) is 80.4 Å². The first-order chi connectivity index (χ1) is 8.25. The van der Waals surface area contributed by atoms with Crippen molar-refractivity contribution in [3.63, 3.8) is 0 Å². The smallest absolute Gasteiger partial charge is 0.304 e. The van der Waals surface area contributed by atoms with Crippen LogP contribution in [0.15, 0.2) is 12.3 Å². The molecule has 1 aliphatic carbocycles. The second-order valence-corrected chi connectivity index (χ2v) is 4.32. The van der Waals surface area contributed by atoms with E-state index in [0.717, 1.165) is 36.3 Å². The summed E-state index contributed by atoms with van der Waals surface area (Å²) in [4.78, 5) is 10.8. The lowest BCUT2D eigenvalue weighted by atomic mass is 9.87. The van der Waals surface area contributed by atoms with E-state index in [1.54, 1.807) is 16.8 Å². The maximum Gasteiger partial charge on any atom is 0.304 e. The lowest BCUT2D eigenvalue weighted by Gasteiger charge is -2.22. The third kappa shape index (κ3) is 1.65. The third-order valence-electron chi connectivity index (χ3n) is 3.21. The highest BCUT2D eigenvalue weighted by atomic mass is 16.4. The number of rotatable bonds is 2. The van der Waals surface area contributed by atoms with Crippen LogP contribution in [0.2, 0.25) is 0 Å². The Morgan fingerprint density at radius 3 is 3.24 bits per heavy atom. The Bertz CT molecular complexity index is 578. The van der Waals surface area contributed by atoms with Crippen LogP contribution in [0.3, 0.4) is 0 Å². The van der Waals surface area contributed by atoms with Crippen molar-refractivity contribution in [3.8, 4) is 0 Å². The minimum absolute atomic E-state index is 0.0302. The predicted octanol–water partition coefficient (Wildman–Crippen LogP) is 1.02. The Labute approximate surface area is 97.3 Å². The highest BCUT2D eigenvalue weighted by molar-refractivity contribution is 5.68. The summed E-state index contributed by atoms with van der Waals surface area (Å²) in [7, 11) is 0. The van der Waals surface area contributed by atoms with E-state index < -0.39 is 5.97 Å². The van der Waals surface area contributed by atoms with Gasteiger partial charge in [0.25, 0.3) is 0 Å². The van der Waals surface area contributed by atoms with Crippen LogP contribution in [0.5, 0.6) is 0 Å². The van der Waals surface area contributed by atoms with Gasteiger partial charge in [-0.1, -0.05) is 0 Å². The maximum absolute atomic E-state index is 10.8. The minimum atomic E-state index is -0.787. The molecule has 1 N–H and O–H groups in total. The van der Waals surface area contributed by atoms with E-state index >= 15 is 0 Å². The molecule has 17 heavy (non-hydrogen) atoms. The molecule has 0 bridgehead atoms. The van der Waals surface area contributed by atoms with Gasteiger partial charge in [0.05, 0.1) is 24.0 Å². The number of hydrogen-bond acceptors (Lipinski definition) is 4. The molecule has 0 fully saturated rings. The van der Waals surface area contributed by atoms with Gasteiger partial charge < -0.3 is 5.11 Å². The molecular formula is C11H12N4O2. The van der Waals surface area contributed by atoms with Crippen molar-refractivity contribution in [1.82, 2.24) is 19.8 Å². The predicted molar refractivity (Wildman–Crippen MR) is 58.7 cm³/mol. The molecule has 1 unspecified atom stereocenters. The maximum atomic E-state index is 10.8. The second kappa shape index (κ2) is 3.80. The van der Waals surface area contributed by atoms with Crippen molar-refractivity contribution in [2.24, 2.45) is 0 Å². The van der Waals surface area contributed by atoms with Crippen LogP contribution in [0, 0.1) is 0 Å². The summed E-state index contributed by atoms with van der Waals surface area (Å²) in [6.45, 7) is 0. The van der Waals surface area contributed by atoms with Crippen molar-refractivity contribution in [3.05, 3.63) is 23.7 Å². The number of hydrogen-bond donors (Lipinski definition) is 1. The van der Waals surface area contributed by atoms with Crippen LogP contribution in [-0.2, 0) is 11.2 Å². The lowest BCUT2D eigenvalue weighted by Crippen LogP contribution is -2.19. The quantitative estimate of drug-likeness (QED) is 0.836. The van der Waals surface area contributed by atoms with Gasteiger partial charge in [0.2, 0.25) is 0 Å². The van der Waals surface area contributed by atoms with E-state index in [9.17, 15) is 4.79 Å². The van der Waals surface area contributed by atoms with Crippen LogP contribution in [0.1, 0.15) is 36.6 Å². The minimum Gasteiger partial charge on any atom is -0.481 e. The molecule has 0 aromatic carbocycles. The number of aryl methyl sites for hydroxylation is 1. The molecule has 2 heterocycles. The largest absolute Gasteiger partial charge is 0.481 e. The molecule has 0 saturated heterocycles. The molecule has 0 radical (unpaired) electrons. The number of aliphatic carboxylic acids is 1. The Kier molecular flexibility index (Phi) is 2.28. The molecule has 0 spiro atoms. The fourth-order valence-corrected chi connectivity index (χ4v) is 2.46. The zero-order chi connectivity index (χ0) is 11.8. The van der Waals surface area contributed by atoms with Gasteiger partial charge in [-0.2, -0.15) is 10.2 Å². The van der Waals surface area contributed by atoms with Gasteiger partial charge in [-0.05, 0) is 19.3 Å². The van der Waals surface area contributed by atoms with Gasteiger partial charge in [-0.25, -0.2) is 4.52 Å². The number of fused-ring (bicyclic) bond motifs is 3. The van der Waals surface area contributed by atoms with Crippen molar-refractivity contribution >= 4 is 11.6 Å². The summed E-state index contributed by atoms with van der Waals surface area (Å²) in [5.74, 6) is -0.817. The Morgan fingerprint density at radius 2 is 2.41 bits per heavy atom. The summed E-state index contributed by atoms with van der Waals surface area (Å²) < 4.78 is 1.77. The molecule has 6 heteroatoms. The molecule has 3 rings (SSSR count). The van der Waals surface area contributed by atoms with Crippen molar-refractivity contribution in [2.75, 3.05) is 0 Å². The second-order valence-electron chi connectivity index (χ2n) is 4.32. The molecule has 1 aliphatic rings. The van der Waals surface area contributed by atoms with Gasteiger partial charge >= 0.3 is 5.97 Å². The standard InChI is InChI=1S/C11H12N4O2/c16-10(17)6-7-2-1-3-8-11(7)14-13-9-4-5-12-15(8)9/h4-5,7H,1-3,6H2,(H,16,17). The van der Waals surface area contributed by atoms with Crippen molar-refractivity contribution in [2.45, 2.75) is 31.6 Å². The zero-order valence-corrected chi connectivity index (χ0v) is 9.20. The van der Waals surface area contributed by atoms with Crippen molar-refractivity contribution in [1.29, 1.82) is 0 Å². The van der Waals surface area contributed by atoms with Gasteiger partial charge in [0, 0.05) is 12.0 Å². The monoisotopic (exact) mass is 232 g/mol. The fraction of sp³-hybridized carbons (Fsp3) is 0.455. The summed E-state index contributed by atoms with van der Waals surface area (Å²) in [5, 5.41) is 21.4. The van der Waals surface area contributed by atoms with Gasteiger partial charge in [0.15, 0.2) is 5.65 Å². The fourth-order valence-electron chi connectivity index (χ4n) is 2.46. The Morgan fingerprint density at radius 1 is 1.53 bits per heavy atom. The first-order valence-corrected chi connectivity index (χ1v) is 5.66. The van der Waals surface area contributed by atoms with E-state index in [2.05, 4.69) is 15.3 Å². The first kappa shape index (κ1) is 10.2. The van der Waals surface area contributed by atoms with Crippen LogP contribution >= 0.6 is 0 Å². The highest BCUT2D eigenvalue weighted by Gasteiger charge is 2.26. The summed E-state index contributed by atoms with van der Waals surface area (Å²) >= 11 is 0. The number of carbonyl (C=O) groups is 1. The summed E-state index contributed by atoms with van der Waals surface area (Å²) in [6, 6.07) is 1.80. The van der Waals surface area contributed by atoms with Crippen LogP contribution in [-0.4, -0.2) is 30.9 Å².